The van der Waals surface area contributed by atoms with Gasteiger partial charge in [-0.1, -0.05) is 83.4 Å². The number of rotatable bonds is 16. The van der Waals surface area contributed by atoms with Crippen LogP contribution in [0, 0.1) is 0 Å². The smallest absolute Gasteiger partial charge is 0.311 e. The summed E-state index contributed by atoms with van der Waals surface area (Å²) in [6.45, 7) is 4.81. The molecular weight excluding hydrogens is 352 g/mol. The van der Waals surface area contributed by atoms with Crippen LogP contribution in [0.1, 0.15) is 96.5 Å². The van der Waals surface area contributed by atoms with Gasteiger partial charge in [-0.25, -0.2) is 0 Å². The summed E-state index contributed by atoms with van der Waals surface area (Å²) in [5.74, 6) is 0.119. The quantitative estimate of drug-likeness (QED) is 0.186. The molecule has 0 bridgehead atoms. The van der Waals surface area contributed by atoms with E-state index < -0.39 is 0 Å². The number of carbonyl (C=O) groups is 2. The second-order valence-corrected chi connectivity index (χ2v) is 7.38. The molecule has 28 heavy (non-hydrogen) atoms. The van der Waals surface area contributed by atoms with Gasteiger partial charge in [0.25, 0.3) is 0 Å². The van der Waals surface area contributed by atoms with Gasteiger partial charge in [-0.3, -0.25) is 9.59 Å². The first kappa shape index (κ1) is 24.2. The van der Waals surface area contributed by atoms with Gasteiger partial charge < -0.3 is 9.47 Å². The third-order valence-electron chi connectivity index (χ3n) is 4.74. The van der Waals surface area contributed by atoms with E-state index in [1.165, 1.54) is 38.5 Å². The zero-order valence-electron chi connectivity index (χ0n) is 17.8. The number of unbranched alkanes of at least 4 members (excludes halogenated alkanes) is 7. The predicted octanol–water partition coefficient (Wildman–Crippen LogP) is 6.40. The van der Waals surface area contributed by atoms with Crippen molar-refractivity contribution in [3.8, 4) is 5.75 Å². The van der Waals surface area contributed by atoms with Crippen molar-refractivity contribution in [3.05, 3.63) is 29.8 Å². The van der Waals surface area contributed by atoms with Gasteiger partial charge in [-0.15, -0.1) is 0 Å². The molecule has 0 saturated carbocycles. The van der Waals surface area contributed by atoms with Crippen LogP contribution >= 0.6 is 0 Å². The molecule has 1 aromatic carbocycles. The average molecular weight is 391 g/mol. The first-order valence-corrected chi connectivity index (χ1v) is 11.1. The molecule has 1 aromatic rings. The zero-order valence-corrected chi connectivity index (χ0v) is 17.8. The van der Waals surface area contributed by atoms with Gasteiger partial charge in [0.2, 0.25) is 0 Å². The van der Waals surface area contributed by atoms with E-state index in [9.17, 15) is 9.59 Å². The number of para-hydroxylation sites is 1. The van der Waals surface area contributed by atoms with Crippen LogP contribution in [0.25, 0.3) is 0 Å². The van der Waals surface area contributed by atoms with Gasteiger partial charge in [0.05, 0.1) is 6.61 Å². The Morgan fingerprint density at radius 1 is 0.750 bits per heavy atom. The second-order valence-electron chi connectivity index (χ2n) is 7.38. The van der Waals surface area contributed by atoms with Crippen LogP contribution in [-0.4, -0.2) is 18.5 Å². The third-order valence-corrected chi connectivity index (χ3v) is 4.74. The Labute approximate surface area is 171 Å². The molecule has 158 valence electrons. The molecule has 1 rings (SSSR count). The number of benzene rings is 1. The normalized spacial score (nSPS) is 10.6. The maximum absolute atomic E-state index is 12.0. The van der Waals surface area contributed by atoms with Crippen molar-refractivity contribution in [3.63, 3.8) is 0 Å². The van der Waals surface area contributed by atoms with Crippen LogP contribution in [0.3, 0.4) is 0 Å². The third kappa shape index (κ3) is 11.8. The van der Waals surface area contributed by atoms with E-state index in [-0.39, 0.29) is 24.8 Å². The van der Waals surface area contributed by atoms with Crippen LogP contribution in [0.5, 0.6) is 5.75 Å². The summed E-state index contributed by atoms with van der Waals surface area (Å²) in [7, 11) is 0. The van der Waals surface area contributed by atoms with Crippen LogP contribution < -0.4 is 4.74 Å². The number of hydrogen-bond acceptors (Lipinski definition) is 4. The largest absolute Gasteiger partial charge is 0.466 e. The zero-order chi connectivity index (χ0) is 20.5. The van der Waals surface area contributed by atoms with Gasteiger partial charge in [0, 0.05) is 12.8 Å². The maximum atomic E-state index is 12.0. The van der Waals surface area contributed by atoms with E-state index in [4.69, 9.17) is 9.47 Å². The van der Waals surface area contributed by atoms with Gasteiger partial charge in [-0.2, -0.15) is 0 Å². The second kappa shape index (κ2) is 16.1. The van der Waals surface area contributed by atoms with Crippen molar-refractivity contribution in [2.75, 3.05) is 6.61 Å². The molecule has 0 saturated heterocycles. The van der Waals surface area contributed by atoms with E-state index in [0.29, 0.717) is 18.8 Å². The summed E-state index contributed by atoms with van der Waals surface area (Å²) in [6.07, 6.45) is 12.6. The van der Waals surface area contributed by atoms with E-state index in [1.807, 2.05) is 24.3 Å². The van der Waals surface area contributed by atoms with E-state index in [0.717, 1.165) is 31.2 Å². The molecule has 0 aliphatic rings. The molecule has 0 N–H and O–H groups in total. The van der Waals surface area contributed by atoms with Crippen molar-refractivity contribution in [1.82, 2.24) is 0 Å². The lowest BCUT2D eigenvalue weighted by Crippen LogP contribution is -2.11. The lowest BCUT2D eigenvalue weighted by Gasteiger charge is -2.09. The van der Waals surface area contributed by atoms with Crippen LogP contribution in [0.4, 0.5) is 0 Å². The molecule has 0 aliphatic carbocycles. The van der Waals surface area contributed by atoms with E-state index in [2.05, 4.69) is 13.8 Å². The summed E-state index contributed by atoms with van der Waals surface area (Å²) in [5, 5.41) is 0. The maximum Gasteiger partial charge on any atom is 0.311 e. The van der Waals surface area contributed by atoms with Crippen molar-refractivity contribution in [1.29, 1.82) is 0 Å². The molecule has 4 nitrogen and oxygen atoms in total. The fourth-order valence-electron chi connectivity index (χ4n) is 3.12. The molecule has 0 fully saturated rings. The molecule has 0 atom stereocenters. The topological polar surface area (TPSA) is 52.6 Å². The Kier molecular flexibility index (Phi) is 14.0. The SMILES string of the molecule is CCCCCCCCCCOC(=O)CCCC(=O)Oc1ccccc1CCC. The van der Waals surface area contributed by atoms with Crippen molar-refractivity contribution in [2.24, 2.45) is 0 Å². The Morgan fingerprint density at radius 3 is 2.11 bits per heavy atom. The Bertz CT molecular complexity index is 553. The van der Waals surface area contributed by atoms with Gasteiger partial charge in [0.1, 0.15) is 5.75 Å². The highest BCUT2D eigenvalue weighted by Gasteiger charge is 2.10. The van der Waals surface area contributed by atoms with Crippen LogP contribution in [0.2, 0.25) is 0 Å². The summed E-state index contributed by atoms with van der Waals surface area (Å²) in [4.78, 5) is 23.8. The van der Waals surface area contributed by atoms with E-state index >= 15 is 0 Å². The number of esters is 2. The first-order chi connectivity index (χ1) is 13.7. The Hall–Kier alpha value is -1.84. The van der Waals surface area contributed by atoms with Crippen molar-refractivity contribution in [2.45, 2.75) is 97.3 Å². The standard InChI is InChI=1S/C24H38O4/c1-3-5-6-7-8-9-10-13-20-27-23(25)18-14-19-24(26)28-22-17-12-11-16-21(22)15-4-2/h11-12,16-17H,3-10,13-15,18-20H2,1-2H3. The van der Waals surface area contributed by atoms with E-state index in [1.54, 1.807) is 0 Å². The summed E-state index contributed by atoms with van der Waals surface area (Å²) >= 11 is 0. The average Bonchev–Trinajstić information content (AvgIpc) is 2.68. The molecule has 0 radical (unpaired) electrons. The highest BCUT2D eigenvalue weighted by atomic mass is 16.5. The highest BCUT2D eigenvalue weighted by molar-refractivity contribution is 5.74. The van der Waals surface area contributed by atoms with Gasteiger partial charge >= 0.3 is 11.9 Å². The molecule has 0 unspecified atom stereocenters. The lowest BCUT2D eigenvalue weighted by atomic mass is 10.1. The van der Waals surface area contributed by atoms with Crippen LogP contribution in [0.15, 0.2) is 24.3 Å². The van der Waals surface area contributed by atoms with Crippen LogP contribution in [-0.2, 0) is 20.7 Å². The van der Waals surface area contributed by atoms with Gasteiger partial charge in [0.15, 0.2) is 0 Å². The fourth-order valence-corrected chi connectivity index (χ4v) is 3.12. The predicted molar refractivity (Wildman–Crippen MR) is 113 cm³/mol. The minimum absolute atomic E-state index is 0.220. The number of aryl methyl sites for hydroxylation is 1. The first-order valence-electron chi connectivity index (χ1n) is 11.1. The Balaban J connectivity index is 2.06. The van der Waals surface area contributed by atoms with Crippen molar-refractivity contribution >= 4 is 11.9 Å². The molecule has 0 heterocycles. The summed E-state index contributed by atoms with van der Waals surface area (Å²) in [5.41, 5.74) is 1.04. The molecule has 0 aromatic heterocycles. The number of ether oxygens (including phenoxy) is 2. The summed E-state index contributed by atoms with van der Waals surface area (Å²) in [6, 6.07) is 7.62. The molecule has 4 heteroatoms. The van der Waals surface area contributed by atoms with Crippen molar-refractivity contribution < 1.29 is 19.1 Å². The number of hydrogen-bond donors (Lipinski definition) is 0. The minimum Gasteiger partial charge on any atom is -0.466 e. The highest BCUT2D eigenvalue weighted by Crippen LogP contribution is 2.20. The molecule has 0 spiro atoms. The minimum atomic E-state index is -0.292. The fraction of sp³-hybridized carbons (Fsp3) is 0.667. The molecular formula is C24H38O4. The number of carbonyl (C=O) groups excluding carboxylic acids is 2. The molecule has 0 amide bonds. The molecule has 0 aliphatic heterocycles. The van der Waals surface area contributed by atoms with Gasteiger partial charge in [-0.05, 0) is 30.9 Å². The monoisotopic (exact) mass is 390 g/mol. The Morgan fingerprint density at radius 2 is 1.39 bits per heavy atom. The lowest BCUT2D eigenvalue weighted by molar-refractivity contribution is -0.144. The summed E-state index contributed by atoms with van der Waals surface area (Å²) < 4.78 is 10.7.